The third kappa shape index (κ3) is 3.34. The molecule has 2 aliphatic rings. The summed E-state index contributed by atoms with van der Waals surface area (Å²) in [6.07, 6.45) is 12.9. The average Bonchev–Trinajstić information content (AvgIpc) is 3.39. The summed E-state index contributed by atoms with van der Waals surface area (Å²) in [5.74, 6) is 1.40. The Morgan fingerprint density at radius 2 is 1.94 bits per heavy atom. The van der Waals surface area contributed by atoms with Crippen LogP contribution < -0.4 is 5.32 Å². The van der Waals surface area contributed by atoms with Crippen LogP contribution in [0.15, 0.2) is 37.1 Å². The molecular weight excluding hydrogens is 392 g/mol. The summed E-state index contributed by atoms with van der Waals surface area (Å²) in [6.45, 7) is 5.93. The van der Waals surface area contributed by atoms with Crippen molar-refractivity contribution in [3.05, 3.63) is 42.7 Å². The van der Waals surface area contributed by atoms with E-state index in [1.54, 1.807) is 0 Å². The van der Waals surface area contributed by atoms with Gasteiger partial charge in [-0.3, -0.25) is 9.30 Å². The van der Waals surface area contributed by atoms with E-state index in [4.69, 9.17) is 4.74 Å². The lowest BCUT2D eigenvalue weighted by Crippen LogP contribution is -2.53. The number of imidazole rings is 1. The number of aryl methyl sites for hydroxylation is 1. The second-order valence-corrected chi connectivity index (χ2v) is 8.37. The van der Waals surface area contributed by atoms with Gasteiger partial charge in [0.15, 0.2) is 0 Å². The van der Waals surface area contributed by atoms with Crippen LogP contribution in [0.3, 0.4) is 0 Å². The Bertz CT molecular complexity index is 1220. The molecule has 2 fully saturated rings. The predicted molar refractivity (Wildman–Crippen MR) is 117 cm³/mol. The van der Waals surface area contributed by atoms with Crippen LogP contribution in [0.4, 0.5) is 5.95 Å². The lowest BCUT2D eigenvalue weighted by molar-refractivity contribution is -0.00443. The number of hydrogen-bond acceptors (Lipinski definition) is 7. The molecule has 0 spiro atoms. The Morgan fingerprint density at radius 1 is 1.10 bits per heavy atom. The number of fused-ring (bicyclic) bond motifs is 2. The fourth-order valence-electron chi connectivity index (χ4n) is 4.66. The lowest BCUT2D eigenvalue weighted by atomic mass is 9.85. The minimum atomic E-state index is 0.431. The van der Waals surface area contributed by atoms with Crippen molar-refractivity contribution in [2.45, 2.75) is 38.3 Å². The lowest BCUT2D eigenvalue weighted by Gasteiger charge is -2.44. The number of nitrogens with one attached hydrogen (secondary N) is 1. The monoisotopic (exact) mass is 418 g/mol. The highest BCUT2D eigenvalue weighted by molar-refractivity contribution is 5.79. The molecule has 1 saturated carbocycles. The van der Waals surface area contributed by atoms with Crippen LogP contribution in [0.5, 0.6) is 0 Å². The van der Waals surface area contributed by atoms with E-state index in [0.717, 1.165) is 73.7 Å². The number of ether oxygens (including phenoxy) is 1. The molecule has 9 nitrogen and oxygen atoms in total. The zero-order chi connectivity index (χ0) is 20.8. The number of anilines is 1. The van der Waals surface area contributed by atoms with Crippen molar-refractivity contribution in [3.63, 3.8) is 0 Å². The SMILES string of the molecule is CCc1cnc2ncc(-c3ccn4nc(NC5CC(N6CCOCC6)C5)ncc34)cn12. The molecular formula is C22H26N8O. The van der Waals surface area contributed by atoms with Gasteiger partial charge in [0.2, 0.25) is 11.7 Å². The molecule has 6 rings (SSSR count). The Morgan fingerprint density at radius 3 is 2.77 bits per heavy atom. The summed E-state index contributed by atoms with van der Waals surface area (Å²) in [4.78, 5) is 16.0. The summed E-state index contributed by atoms with van der Waals surface area (Å²) < 4.78 is 9.40. The van der Waals surface area contributed by atoms with E-state index < -0.39 is 0 Å². The van der Waals surface area contributed by atoms with E-state index in [1.807, 2.05) is 29.3 Å². The molecule has 0 amide bonds. The first-order valence-corrected chi connectivity index (χ1v) is 11.0. The van der Waals surface area contributed by atoms with Crippen molar-refractivity contribution in [1.29, 1.82) is 0 Å². The van der Waals surface area contributed by atoms with Gasteiger partial charge >= 0.3 is 0 Å². The van der Waals surface area contributed by atoms with Gasteiger partial charge in [-0.15, -0.1) is 5.10 Å². The molecule has 5 heterocycles. The molecule has 0 bridgehead atoms. The Kier molecular flexibility index (Phi) is 4.57. The zero-order valence-electron chi connectivity index (χ0n) is 17.6. The highest BCUT2D eigenvalue weighted by Crippen LogP contribution is 2.29. The Hall–Kier alpha value is -3.04. The van der Waals surface area contributed by atoms with Crippen LogP contribution in [0, 0.1) is 0 Å². The molecule has 4 aromatic heterocycles. The van der Waals surface area contributed by atoms with Gasteiger partial charge in [-0.1, -0.05) is 6.92 Å². The molecule has 0 radical (unpaired) electrons. The maximum atomic E-state index is 5.46. The molecule has 31 heavy (non-hydrogen) atoms. The average molecular weight is 419 g/mol. The minimum Gasteiger partial charge on any atom is -0.379 e. The highest BCUT2D eigenvalue weighted by Gasteiger charge is 2.34. The van der Waals surface area contributed by atoms with Crippen LogP contribution in [-0.4, -0.2) is 72.3 Å². The molecule has 0 atom stereocenters. The summed E-state index contributed by atoms with van der Waals surface area (Å²) in [7, 11) is 0. The zero-order valence-corrected chi connectivity index (χ0v) is 17.6. The number of aromatic nitrogens is 6. The Balaban J connectivity index is 1.19. The number of rotatable bonds is 5. The first kappa shape index (κ1) is 18.7. The van der Waals surface area contributed by atoms with E-state index in [1.165, 1.54) is 0 Å². The molecule has 1 aliphatic carbocycles. The third-order valence-electron chi connectivity index (χ3n) is 6.54. The van der Waals surface area contributed by atoms with Gasteiger partial charge in [-0.25, -0.2) is 19.5 Å². The van der Waals surface area contributed by atoms with Crippen molar-refractivity contribution in [1.82, 2.24) is 33.9 Å². The molecule has 1 saturated heterocycles. The Labute approximate surface area is 180 Å². The van der Waals surface area contributed by atoms with E-state index in [0.29, 0.717) is 18.0 Å². The van der Waals surface area contributed by atoms with Gasteiger partial charge in [0.25, 0.3) is 0 Å². The number of nitrogens with zero attached hydrogens (tertiary/aromatic N) is 7. The number of hydrogen-bond donors (Lipinski definition) is 1. The van der Waals surface area contributed by atoms with Crippen molar-refractivity contribution < 1.29 is 4.74 Å². The summed E-state index contributed by atoms with van der Waals surface area (Å²) in [5, 5.41) is 8.19. The highest BCUT2D eigenvalue weighted by atomic mass is 16.5. The standard InChI is InChI=1S/C22H26N8O/c1-2-17-12-25-22-24-11-15(14-29(17)22)19-3-4-30-20(19)13-23-21(27-30)26-16-9-18(10-16)28-5-7-31-8-6-28/h3-4,11-14,16,18H,2,5-10H2,1H3,(H,26,27). The molecule has 1 aliphatic heterocycles. The summed E-state index contributed by atoms with van der Waals surface area (Å²) >= 11 is 0. The molecule has 0 unspecified atom stereocenters. The summed E-state index contributed by atoms with van der Waals surface area (Å²) in [5.41, 5.74) is 4.20. The molecule has 0 aromatic carbocycles. The second kappa shape index (κ2) is 7.58. The second-order valence-electron chi connectivity index (χ2n) is 8.37. The van der Waals surface area contributed by atoms with Crippen molar-refractivity contribution in [3.8, 4) is 11.1 Å². The maximum Gasteiger partial charge on any atom is 0.241 e. The smallest absolute Gasteiger partial charge is 0.241 e. The van der Waals surface area contributed by atoms with Crippen molar-refractivity contribution >= 4 is 17.2 Å². The molecule has 160 valence electrons. The van der Waals surface area contributed by atoms with Crippen LogP contribution in [0.1, 0.15) is 25.5 Å². The fraction of sp³-hybridized carbons (Fsp3) is 0.455. The van der Waals surface area contributed by atoms with E-state index in [2.05, 4.69) is 53.9 Å². The van der Waals surface area contributed by atoms with Gasteiger partial charge in [-0.05, 0) is 25.3 Å². The van der Waals surface area contributed by atoms with Gasteiger partial charge in [-0.2, -0.15) is 0 Å². The fourth-order valence-corrected chi connectivity index (χ4v) is 4.66. The van der Waals surface area contributed by atoms with E-state index in [9.17, 15) is 0 Å². The van der Waals surface area contributed by atoms with Crippen LogP contribution in [0.2, 0.25) is 0 Å². The topological polar surface area (TPSA) is 84.9 Å². The quantitative estimate of drug-likeness (QED) is 0.532. The summed E-state index contributed by atoms with van der Waals surface area (Å²) in [6, 6.07) is 3.15. The molecule has 9 heteroatoms. The van der Waals surface area contributed by atoms with Gasteiger partial charge in [0.05, 0.1) is 31.1 Å². The van der Waals surface area contributed by atoms with Gasteiger partial charge in [0, 0.05) is 60.6 Å². The maximum absolute atomic E-state index is 5.46. The molecule has 4 aromatic rings. The van der Waals surface area contributed by atoms with Gasteiger partial charge in [0.1, 0.15) is 0 Å². The first-order valence-electron chi connectivity index (χ1n) is 11.0. The number of morpholine rings is 1. The molecule has 1 N–H and O–H groups in total. The van der Waals surface area contributed by atoms with Crippen LogP contribution >= 0.6 is 0 Å². The third-order valence-corrected chi connectivity index (χ3v) is 6.54. The minimum absolute atomic E-state index is 0.431. The van der Waals surface area contributed by atoms with Crippen LogP contribution in [0.25, 0.3) is 22.4 Å². The normalized spacial score (nSPS) is 22.1. The first-order chi connectivity index (χ1) is 15.3. The predicted octanol–water partition coefficient (Wildman–Crippen LogP) is 2.28. The van der Waals surface area contributed by atoms with Crippen LogP contribution in [-0.2, 0) is 11.2 Å². The largest absolute Gasteiger partial charge is 0.379 e. The van der Waals surface area contributed by atoms with E-state index >= 15 is 0 Å². The van der Waals surface area contributed by atoms with Crippen molar-refractivity contribution in [2.75, 3.05) is 31.6 Å². The van der Waals surface area contributed by atoms with Gasteiger partial charge < -0.3 is 10.1 Å². The van der Waals surface area contributed by atoms with Crippen molar-refractivity contribution in [2.24, 2.45) is 0 Å². The van der Waals surface area contributed by atoms with E-state index in [-0.39, 0.29) is 0 Å².